The van der Waals surface area contributed by atoms with Crippen LogP contribution in [0.15, 0.2) is 23.6 Å². The van der Waals surface area contributed by atoms with E-state index in [1.807, 2.05) is 30.9 Å². The van der Waals surface area contributed by atoms with Gasteiger partial charge in [-0.1, -0.05) is 31.5 Å². The summed E-state index contributed by atoms with van der Waals surface area (Å²) < 4.78 is 25.4. The summed E-state index contributed by atoms with van der Waals surface area (Å²) in [5.41, 5.74) is 2.11. The van der Waals surface area contributed by atoms with Crippen molar-refractivity contribution >= 4 is 55.6 Å². The van der Waals surface area contributed by atoms with Crippen molar-refractivity contribution in [1.29, 1.82) is 0 Å². The average molecular weight is 584 g/mol. The molecule has 0 fully saturated rings. The summed E-state index contributed by atoms with van der Waals surface area (Å²) in [6, 6.07) is 5.78. The number of amides is 2. The monoisotopic (exact) mass is 583 g/mol. The molecule has 0 saturated carbocycles. The Labute approximate surface area is 235 Å². The Bertz CT molecular complexity index is 1230. The summed E-state index contributed by atoms with van der Waals surface area (Å²) in [7, 11) is -3.45. The molecule has 0 bridgehead atoms. The first-order valence-electron chi connectivity index (χ1n) is 12.8. The van der Waals surface area contributed by atoms with Gasteiger partial charge in [-0.25, -0.2) is 13.4 Å². The van der Waals surface area contributed by atoms with Crippen molar-refractivity contribution in [3.05, 3.63) is 39.9 Å². The van der Waals surface area contributed by atoms with E-state index in [0.29, 0.717) is 43.3 Å². The Morgan fingerprint density at radius 3 is 2.50 bits per heavy atom. The molecule has 12 heteroatoms. The number of thiazole rings is 1. The summed E-state index contributed by atoms with van der Waals surface area (Å²) >= 11 is 7.53. The number of anilines is 2. The lowest BCUT2D eigenvalue weighted by atomic mass is 10.1. The Morgan fingerprint density at radius 2 is 1.84 bits per heavy atom. The van der Waals surface area contributed by atoms with Crippen molar-refractivity contribution in [2.75, 3.05) is 42.1 Å². The molecule has 2 heterocycles. The van der Waals surface area contributed by atoms with Crippen LogP contribution >= 0.6 is 22.9 Å². The second kappa shape index (κ2) is 13.2. The van der Waals surface area contributed by atoms with Crippen molar-refractivity contribution in [3.63, 3.8) is 0 Å². The first-order valence-corrected chi connectivity index (χ1v) is 16.0. The smallest absolute Gasteiger partial charge is 0.231 e. The van der Waals surface area contributed by atoms with Gasteiger partial charge >= 0.3 is 0 Å². The Balaban J connectivity index is 1.93. The lowest BCUT2D eigenvalue weighted by Gasteiger charge is -2.30. The topological polar surface area (TPSA) is 103 Å². The Hall–Kier alpha value is -2.21. The van der Waals surface area contributed by atoms with Gasteiger partial charge in [0.05, 0.1) is 24.1 Å². The van der Waals surface area contributed by atoms with Crippen LogP contribution < -0.4 is 9.62 Å². The number of rotatable bonds is 7. The van der Waals surface area contributed by atoms with Crippen LogP contribution in [0.1, 0.15) is 51.8 Å². The summed E-state index contributed by atoms with van der Waals surface area (Å²) in [6.45, 7) is 11.2. The van der Waals surface area contributed by atoms with Crippen molar-refractivity contribution in [2.45, 2.75) is 59.5 Å². The number of carbonyl (C=O) groups excluding carboxylic acids is 2. The number of halogens is 1. The molecule has 2 aromatic rings. The maximum Gasteiger partial charge on any atom is 0.231 e. The summed E-state index contributed by atoms with van der Waals surface area (Å²) in [4.78, 5) is 37.1. The molecule has 0 aliphatic carbocycles. The normalized spacial score (nSPS) is 15.9. The van der Waals surface area contributed by atoms with Gasteiger partial charge in [0.1, 0.15) is 0 Å². The Kier molecular flexibility index (Phi) is 10.6. The molecule has 1 aliphatic heterocycles. The summed E-state index contributed by atoms with van der Waals surface area (Å²) in [6.07, 6.45) is 2.34. The standard InChI is InChI=1S/C26H38ClN5O4S2/c1-18(2)13-25(34)32-10-6-9-30(19(3)4)11-12-31(16-20-7-8-21(27)14-23(20)32)24(33)15-22-17-37-26(28-22)29-38(5,35)36/h7-8,14,17-19H,6,9-13,15-16H2,1-5H3,(H,28,29). The highest BCUT2D eigenvalue weighted by molar-refractivity contribution is 7.92. The van der Waals surface area contributed by atoms with Gasteiger partial charge in [0.2, 0.25) is 21.8 Å². The summed E-state index contributed by atoms with van der Waals surface area (Å²) in [5.74, 6) is 0.143. The molecule has 1 aromatic heterocycles. The van der Waals surface area contributed by atoms with E-state index in [-0.39, 0.29) is 35.3 Å². The third kappa shape index (κ3) is 8.93. The number of benzene rings is 1. The number of fused-ring (bicyclic) bond motifs is 1. The zero-order valence-electron chi connectivity index (χ0n) is 22.7. The fourth-order valence-corrected chi connectivity index (χ4v) is 6.16. The van der Waals surface area contributed by atoms with E-state index < -0.39 is 10.0 Å². The van der Waals surface area contributed by atoms with E-state index in [1.54, 1.807) is 16.3 Å². The van der Waals surface area contributed by atoms with Gasteiger partial charge in [0.15, 0.2) is 5.13 Å². The number of sulfonamides is 1. The summed E-state index contributed by atoms with van der Waals surface area (Å²) in [5, 5.41) is 2.46. The fraction of sp³-hybridized carbons (Fsp3) is 0.577. The molecule has 0 radical (unpaired) electrons. The number of carbonyl (C=O) groups is 2. The fourth-order valence-electron chi connectivity index (χ4n) is 4.43. The van der Waals surface area contributed by atoms with E-state index in [2.05, 4.69) is 28.5 Å². The highest BCUT2D eigenvalue weighted by atomic mass is 35.5. The van der Waals surface area contributed by atoms with Crippen LogP contribution in [-0.2, 0) is 32.6 Å². The molecule has 38 heavy (non-hydrogen) atoms. The number of nitrogens with one attached hydrogen (secondary N) is 1. The number of aromatic nitrogens is 1. The molecule has 0 atom stereocenters. The third-order valence-corrected chi connectivity index (χ3v) is 8.04. The SMILES string of the molecule is CC(C)CC(=O)N1CCCN(C(C)C)CCN(C(=O)Cc2csc(NS(C)(=O)=O)n2)Cc2ccc(Cl)cc21. The quantitative estimate of drug-likeness (QED) is 0.523. The number of nitrogens with zero attached hydrogens (tertiary/aromatic N) is 4. The maximum absolute atomic E-state index is 13.6. The van der Waals surface area contributed by atoms with E-state index in [0.717, 1.165) is 41.8 Å². The zero-order valence-corrected chi connectivity index (χ0v) is 25.1. The minimum atomic E-state index is -3.45. The number of hydrogen-bond acceptors (Lipinski definition) is 7. The van der Waals surface area contributed by atoms with Crippen LogP contribution in [0.4, 0.5) is 10.8 Å². The van der Waals surface area contributed by atoms with Crippen LogP contribution in [-0.4, -0.2) is 73.5 Å². The predicted molar refractivity (Wildman–Crippen MR) is 154 cm³/mol. The van der Waals surface area contributed by atoms with Crippen molar-refractivity contribution in [3.8, 4) is 0 Å². The Morgan fingerprint density at radius 1 is 1.11 bits per heavy atom. The van der Waals surface area contributed by atoms with Crippen LogP contribution in [0.25, 0.3) is 0 Å². The molecular formula is C26H38ClN5O4S2. The van der Waals surface area contributed by atoms with E-state index in [4.69, 9.17) is 11.6 Å². The van der Waals surface area contributed by atoms with Gasteiger partial charge in [0.25, 0.3) is 0 Å². The van der Waals surface area contributed by atoms with Crippen LogP contribution in [0, 0.1) is 5.92 Å². The lowest BCUT2D eigenvalue weighted by Crippen LogP contribution is -2.42. The molecular weight excluding hydrogens is 546 g/mol. The second-order valence-electron chi connectivity index (χ2n) is 10.4. The van der Waals surface area contributed by atoms with E-state index in [9.17, 15) is 18.0 Å². The molecule has 9 nitrogen and oxygen atoms in total. The molecule has 0 unspecified atom stereocenters. The van der Waals surface area contributed by atoms with Gasteiger partial charge in [0, 0.05) is 55.6 Å². The molecule has 1 aliphatic rings. The van der Waals surface area contributed by atoms with Crippen LogP contribution in [0.3, 0.4) is 0 Å². The van der Waals surface area contributed by atoms with Gasteiger partial charge in [-0.3, -0.25) is 19.2 Å². The average Bonchev–Trinajstić information content (AvgIpc) is 3.20. The zero-order chi connectivity index (χ0) is 28.0. The van der Waals surface area contributed by atoms with Gasteiger partial charge in [-0.2, -0.15) is 0 Å². The second-order valence-corrected chi connectivity index (χ2v) is 13.5. The predicted octanol–water partition coefficient (Wildman–Crippen LogP) is 4.23. The molecule has 1 aromatic carbocycles. The van der Waals surface area contributed by atoms with E-state index in [1.165, 1.54) is 0 Å². The molecule has 210 valence electrons. The highest BCUT2D eigenvalue weighted by Crippen LogP contribution is 2.29. The molecule has 1 N–H and O–H groups in total. The van der Waals surface area contributed by atoms with Crippen molar-refractivity contribution < 1.29 is 18.0 Å². The maximum atomic E-state index is 13.6. The molecule has 3 rings (SSSR count). The minimum Gasteiger partial charge on any atom is -0.337 e. The van der Waals surface area contributed by atoms with Gasteiger partial charge in [-0.05, 0) is 43.9 Å². The van der Waals surface area contributed by atoms with E-state index >= 15 is 0 Å². The molecule has 0 spiro atoms. The third-order valence-electron chi connectivity index (χ3n) is 6.31. The number of hydrogen-bond donors (Lipinski definition) is 1. The van der Waals surface area contributed by atoms with Gasteiger partial charge < -0.3 is 9.80 Å². The lowest BCUT2D eigenvalue weighted by molar-refractivity contribution is -0.131. The molecule has 0 saturated heterocycles. The van der Waals surface area contributed by atoms with Crippen LogP contribution in [0.2, 0.25) is 5.02 Å². The molecule has 2 amide bonds. The highest BCUT2D eigenvalue weighted by Gasteiger charge is 2.25. The van der Waals surface area contributed by atoms with Crippen molar-refractivity contribution in [2.24, 2.45) is 5.92 Å². The van der Waals surface area contributed by atoms with Crippen molar-refractivity contribution in [1.82, 2.24) is 14.8 Å². The minimum absolute atomic E-state index is 0.0442. The van der Waals surface area contributed by atoms with Crippen LogP contribution in [0.5, 0.6) is 0 Å². The first-order chi connectivity index (χ1) is 17.8. The van der Waals surface area contributed by atoms with Gasteiger partial charge in [-0.15, -0.1) is 11.3 Å². The first kappa shape index (κ1) is 30.3. The largest absolute Gasteiger partial charge is 0.337 e.